The summed E-state index contributed by atoms with van der Waals surface area (Å²) in [7, 11) is -3.02. The third kappa shape index (κ3) is 4.55. The van der Waals surface area contributed by atoms with Crippen molar-refractivity contribution in [1.82, 2.24) is 0 Å². The van der Waals surface area contributed by atoms with Gasteiger partial charge in [0, 0.05) is 5.56 Å². The molecule has 0 bridgehead atoms. The van der Waals surface area contributed by atoms with Crippen LogP contribution in [0.2, 0.25) is 0 Å². The van der Waals surface area contributed by atoms with E-state index in [2.05, 4.69) is 0 Å². The van der Waals surface area contributed by atoms with E-state index in [0.717, 1.165) is 0 Å². The lowest BCUT2D eigenvalue weighted by Gasteiger charge is -2.22. The van der Waals surface area contributed by atoms with Crippen LogP contribution < -0.4 is 10.0 Å². The first-order valence-corrected chi connectivity index (χ1v) is 9.50. The van der Waals surface area contributed by atoms with Gasteiger partial charge in [-0.2, -0.15) is 13.2 Å². The maximum absolute atomic E-state index is 13.7. The van der Waals surface area contributed by atoms with Crippen molar-refractivity contribution in [1.29, 1.82) is 0 Å². The van der Waals surface area contributed by atoms with Crippen LogP contribution in [0.4, 0.5) is 13.2 Å². The van der Waals surface area contributed by atoms with Crippen LogP contribution in [0.3, 0.4) is 0 Å². The lowest BCUT2D eigenvalue weighted by atomic mass is 10.2. The van der Waals surface area contributed by atoms with E-state index < -0.39 is 19.4 Å². The minimum absolute atomic E-state index is 0.00763. The van der Waals surface area contributed by atoms with Gasteiger partial charge in [-0.05, 0) is 48.1 Å². The van der Waals surface area contributed by atoms with Crippen LogP contribution in [-0.2, 0) is 0 Å². The second kappa shape index (κ2) is 7.93. The topological polar surface area (TPSA) is 26.3 Å². The van der Waals surface area contributed by atoms with Crippen molar-refractivity contribution < 1.29 is 22.7 Å². The quantitative estimate of drug-likeness (QED) is 0.483. The van der Waals surface area contributed by atoms with Crippen LogP contribution >= 0.6 is 7.92 Å². The molecule has 0 amide bonds. The predicted molar refractivity (Wildman–Crippen MR) is 101 cm³/mol. The van der Waals surface area contributed by atoms with Gasteiger partial charge in [-0.15, -0.1) is 0 Å². The number of para-hydroxylation sites is 1. The minimum Gasteiger partial charge on any atom is -0.457 e. The predicted octanol–water partition coefficient (Wildman–Crippen LogP) is 6.25. The van der Waals surface area contributed by atoms with Crippen LogP contribution in [0.25, 0.3) is 0 Å². The molecular formula is C21H16F3O2P. The first-order chi connectivity index (χ1) is 12.9. The van der Waals surface area contributed by atoms with Crippen molar-refractivity contribution in [2.24, 2.45) is 0 Å². The molecule has 0 aromatic heterocycles. The van der Waals surface area contributed by atoms with Gasteiger partial charge in [0.05, 0.1) is 0 Å². The van der Waals surface area contributed by atoms with Crippen LogP contribution in [0.1, 0.15) is 15.9 Å². The molecule has 0 radical (unpaired) electrons. The van der Waals surface area contributed by atoms with E-state index in [0.29, 0.717) is 17.1 Å². The fraction of sp³-hybridized carbons (Fsp3) is 0.0952. The normalized spacial score (nSPS) is 12.4. The second-order valence-corrected chi connectivity index (χ2v) is 7.90. The number of carbonyl (C=O) groups is 1. The zero-order valence-corrected chi connectivity index (χ0v) is 15.3. The van der Waals surface area contributed by atoms with Gasteiger partial charge in [-0.25, -0.2) is 0 Å². The van der Waals surface area contributed by atoms with E-state index in [1.54, 1.807) is 49.4 Å². The highest BCUT2D eigenvalue weighted by molar-refractivity contribution is 7.83. The molecule has 27 heavy (non-hydrogen) atoms. The Morgan fingerprint density at radius 1 is 0.852 bits per heavy atom. The maximum Gasteiger partial charge on any atom is 0.416 e. The van der Waals surface area contributed by atoms with Gasteiger partial charge in [0.2, 0.25) is 0 Å². The van der Waals surface area contributed by atoms with Gasteiger partial charge in [-0.1, -0.05) is 48.5 Å². The first kappa shape index (κ1) is 19.1. The zero-order valence-electron chi connectivity index (χ0n) is 14.4. The molecule has 1 atom stereocenters. The van der Waals surface area contributed by atoms with E-state index in [-0.39, 0.29) is 10.9 Å². The first-order valence-electron chi connectivity index (χ1n) is 8.16. The number of halogens is 3. The minimum atomic E-state index is -4.63. The van der Waals surface area contributed by atoms with Gasteiger partial charge >= 0.3 is 5.92 Å². The average Bonchev–Trinajstić information content (AvgIpc) is 2.64. The Kier molecular flexibility index (Phi) is 5.62. The Labute approximate surface area is 156 Å². The maximum atomic E-state index is 13.7. The summed E-state index contributed by atoms with van der Waals surface area (Å²) in [5.41, 5.74) is -0.473. The smallest absolute Gasteiger partial charge is 0.416 e. The fourth-order valence-electron chi connectivity index (χ4n) is 2.64. The lowest BCUT2D eigenvalue weighted by Crippen LogP contribution is -2.23. The standard InChI is InChI=1S/C21H16F3O2P/c1-15-14-18(26-17-10-6-3-7-11-17)12-13-19(15)27(21(22,23)24)20(25)16-8-4-2-5-9-16/h2-14H,1H3. The zero-order chi connectivity index (χ0) is 19.4. The molecular weight excluding hydrogens is 372 g/mol. The number of benzene rings is 3. The third-order valence-electron chi connectivity index (χ3n) is 3.87. The fourth-order valence-corrected chi connectivity index (χ4v) is 4.41. The highest BCUT2D eigenvalue weighted by Crippen LogP contribution is 2.55. The van der Waals surface area contributed by atoms with Crippen molar-refractivity contribution in [3.8, 4) is 11.5 Å². The molecule has 2 nitrogen and oxygen atoms in total. The molecule has 0 heterocycles. The second-order valence-electron chi connectivity index (χ2n) is 5.84. The molecule has 3 aromatic carbocycles. The number of alkyl halides is 3. The molecule has 0 spiro atoms. The van der Waals surface area contributed by atoms with Crippen molar-refractivity contribution in [2.75, 3.05) is 0 Å². The Balaban J connectivity index is 1.95. The third-order valence-corrected chi connectivity index (χ3v) is 6.02. The number of carbonyl (C=O) groups excluding carboxylic acids is 1. The van der Waals surface area contributed by atoms with Crippen LogP contribution in [-0.4, -0.2) is 11.4 Å². The van der Waals surface area contributed by atoms with Crippen LogP contribution in [0.5, 0.6) is 11.5 Å². The van der Waals surface area contributed by atoms with E-state index in [1.165, 1.54) is 30.3 Å². The Bertz CT molecular complexity index is 925. The molecule has 0 saturated heterocycles. The molecule has 6 heteroatoms. The Morgan fingerprint density at radius 3 is 2.00 bits per heavy atom. The lowest BCUT2D eigenvalue weighted by molar-refractivity contribution is -0.0384. The van der Waals surface area contributed by atoms with Crippen molar-refractivity contribution in [2.45, 2.75) is 12.8 Å². The van der Waals surface area contributed by atoms with E-state index in [9.17, 15) is 18.0 Å². The number of aryl methyl sites for hydroxylation is 1. The summed E-state index contributed by atoms with van der Waals surface area (Å²) in [4.78, 5) is 12.6. The molecule has 1 unspecified atom stereocenters. The number of hydrogen-bond donors (Lipinski definition) is 0. The molecule has 0 aliphatic carbocycles. The number of rotatable bonds is 5. The van der Waals surface area contributed by atoms with Crippen LogP contribution in [0, 0.1) is 6.92 Å². The summed E-state index contributed by atoms with van der Waals surface area (Å²) in [6.45, 7) is 1.56. The van der Waals surface area contributed by atoms with Gasteiger partial charge in [-0.3, -0.25) is 4.79 Å². The van der Waals surface area contributed by atoms with E-state index >= 15 is 0 Å². The summed E-state index contributed by atoms with van der Waals surface area (Å²) in [5.74, 6) is -3.62. The Morgan fingerprint density at radius 2 is 1.44 bits per heavy atom. The molecule has 0 aliphatic rings. The summed E-state index contributed by atoms with van der Waals surface area (Å²) in [6.07, 6.45) is 0. The highest BCUT2D eigenvalue weighted by Gasteiger charge is 2.46. The average molecular weight is 388 g/mol. The molecule has 138 valence electrons. The van der Waals surface area contributed by atoms with Crippen molar-refractivity contribution >= 4 is 18.8 Å². The van der Waals surface area contributed by atoms with Crippen LogP contribution in [0.15, 0.2) is 78.9 Å². The molecule has 0 fully saturated rings. The van der Waals surface area contributed by atoms with E-state index in [1.807, 2.05) is 6.07 Å². The van der Waals surface area contributed by atoms with Gasteiger partial charge in [0.1, 0.15) is 19.4 Å². The Hall–Kier alpha value is -2.65. The van der Waals surface area contributed by atoms with Gasteiger partial charge < -0.3 is 4.74 Å². The van der Waals surface area contributed by atoms with E-state index in [4.69, 9.17) is 4.74 Å². The number of ether oxygens (including phenoxy) is 1. The van der Waals surface area contributed by atoms with Gasteiger partial charge in [0.25, 0.3) is 0 Å². The molecule has 3 rings (SSSR count). The van der Waals surface area contributed by atoms with Crippen molar-refractivity contribution in [3.63, 3.8) is 0 Å². The molecule has 0 saturated carbocycles. The molecule has 0 aliphatic heterocycles. The monoisotopic (exact) mass is 388 g/mol. The summed E-state index contributed by atoms with van der Waals surface area (Å²) in [6, 6.07) is 20.9. The molecule has 0 N–H and O–H groups in total. The largest absolute Gasteiger partial charge is 0.457 e. The number of hydrogen-bond acceptors (Lipinski definition) is 2. The summed E-state index contributed by atoms with van der Waals surface area (Å²) < 4.78 is 46.9. The van der Waals surface area contributed by atoms with Gasteiger partial charge in [0.15, 0.2) is 5.52 Å². The highest BCUT2D eigenvalue weighted by atomic mass is 31.1. The molecule has 3 aromatic rings. The summed E-state index contributed by atoms with van der Waals surface area (Å²) in [5, 5.41) is -0.00763. The SMILES string of the molecule is Cc1cc(Oc2ccccc2)ccc1P(C(=O)c1ccccc1)C(F)(F)F. The summed E-state index contributed by atoms with van der Waals surface area (Å²) >= 11 is 0. The van der Waals surface area contributed by atoms with Crippen molar-refractivity contribution in [3.05, 3.63) is 90.0 Å².